The summed E-state index contributed by atoms with van der Waals surface area (Å²) in [5.41, 5.74) is 4.53. The van der Waals surface area contributed by atoms with Crippen molar-refractivity contribution in [3.8, 4) is 0 Å². The molecule has 5 nitrogen and oxygen atoms in total. The number of carbonyl (C=O) groups is 2. The molecule has 1 atom stereocenters. The van der Waals surface area contributed by atoms with Crippen molar-refractivity contribution in [2.24, 2.45) is 17.1 Å². The maximum Gasteiger partial charge on any atom is 0.224 e. The molecule has 2 amide bonds. The number of nitrogens with two attached hydrogens (primary N) is 1. The van der Waals surface area contributed by atoms with Gasteiger partial charge in [-0.3, -0.25) is 9.59 Å². The number of carbonyl (C=O) groups excluding carboxylic acids is 2. The Morgan fingerprint density at radius 3 is 2.67 bits per heavy atom. The Bertz CT molecular complexity index is 257. The Hall–Kier alpha value is -1.10. The van der Waals surface area contributed by atoms with Crippen LogP contribution >= 0.6 is 0 Å². The number of primary amides is 1. The van der Waals surface area contributed by atoms with Crippen molar-refractivity contribution >= 4 is 11.8 Å². The van der Waals surface area contributed by atoms with Gasteiger partial charge in [-0.2, -0.15) is 0 Å². The molecule has 0 bridgehead atoms. The number of hydrogen-bond acceptors (Lipinski definition) is 3. The van der Waals surface area contributed by atoms with Gasteiger partial charge >= 0.3 is 0 Å². The lowest BCUT2D eigenvalue weighted by Crippen LogP contribution is -2.44. The van der Waals surface area contributed by atoms with Crippen LogP contribution in [0.25, 0.3) is 0 Å². The van der Waals surface area contributed by atoms with E-state index in [1.807, 2.05) is 0 Å². The summed E-state index contributed by atoms with van der Waals surface area (Å²) in [6, 6.07) is 0. The van der Waals surface area contributed by atoms with E-state index in [9.17, 15) is 9.59 Å². The summed E-state index contributed by atoms with van der Waals surface area (Å²) in [4.78, 5) is 22.6. The highest BCUT2D eigenvalue weighted by molar-refractivity contribution is 5.83. The first-order chi connectivity index (χ1) is 6.93. The fourth-order valence-corrected chi connectivity index (χ4v) is 1.42. The van der Waals surface area contributed by atoms with Crippen LogP contribution in [0.15, 0.2) is 0 Å². The molecule has 1 heterocycles. The average Bonchev–Trinajstić information content (AvgIpc) is 2.66. The summed E-state index contributed by atoms with van der Waals surface area (Å²) >= 11 is 0. The molecule has 0 aliphatic carbocycles. The first-order valence-electron chi connectivity index (χ1n) is 5.22. The topological polar surface area (TPSA) is 84.2 Å². The predicted molar refractivity (Wildman–Crippen MR) is 57.0 cm³/mol. The summed E-state index contributed by atoms with van der Waals surface area (Å²) in [6.45, 7) is 5.36. The van der Waals surface area contributed by atoms with E-state index in [0.717, 1.165) is 19.5 Å². The van der Waals surface area contributed by atoms with E-state index in [0.29, 0.717) is 6.54 Å². The quantitative estimate of drug-likeness (QED) is 0.573. The van der Waals surface area contributed by atoms with E-state index >= 15 is 0 Å². The molecule has 0 spiro atoms. The number of nitrogens with one attached hydrogen (secondary N) is 2. The highest BCUT2D eigenvalue weighted by Crippen LogP contribution is 2.13. The Labute approximate surface area is 89.8 Å². The number of hydrogen-bond donors (Lipinski definition) is 3. The van der Waals surface area contributed by atoms with Crippen molar-refractivity contribution < 1.29 is 9.59 Å². The zero-order valence-electron chi connectivity index (χ0n) is 9.30. The summed E-state index contributed by atoms with van der Waals surface area (Å²) < 4.78 is 0. The summed E-state index contributed by atoms with van der Waals surface area (Å²) in [7, 11) is 0. The zero-order chi connectivity index (χ0) is 11.5. The van der Waals surface area contributed by atoms with Gasteiger partial charge in [-0.15, -0.1) is 0 Å². The Morgan fingerprint density at radius 1 is 1.53 bits per heavy atom. The van der Waals surface area contributed by atoms with Crippen LogP contribution in [-0.4, -0.2) is 31.4 Å². The minimum atomic E-state index is -0.679. The highest BCUT2D eigenvalue weighted by Gasteiger charge is 2.28. The first-order valence-corrected chi connectivity index (χ1v) is 5.22. The van der Waals surface area contributed by atoms with E-state index in [2.05, 4.69) is 10.6 Å². The van der Waals surface area contributed by atoms with E-state index in [1.54, 1.807) is 13.8 Å². The Balaban J connectivity index is 2.36. The van der Waals surface area contributed by atoms with Crippen molar-refractivity contribution in [2.45, 2.75) is 20.3 Å². The molecule has 5 heteroatoms. The van der Waals surface area contributed by atoms with Crippen LogP contribution in [0.1, 0.15) is 20.3 Å². The van der Waals surface area contributed by atoms with Crippen molar-refractivity contribution in [1.82, 2.24) is 10.6 Å². The molecule has 1 rings (SSSR count). The largest absolute Gasteiger partial charge is 0.369 e. The van der Waals surface area contributed by atoms with Gasteiger partial charge in [-0.25, -0.2) is 0 Å². The fraction of sp³-hybridized carbons (Fsp3) is 0.800. The van der Waals surface area contributed by atoms with Gasteiger partial charge in [-0.1, -0.05) is 0 Å². The monoisotopic (exact) mass is 213 g/mol. The highest BCUT2D eigenvalue weighted by atomic mass is 16.2. The SMILES string of the molecule is CC(C)(CNC(=O)[C@@H]1CCNC1)C(N)=O. The molecule has 1 saturated heterocycles. The third kappa shape index (κ3) is 3.20. The second kappa shape index (κ2) is 4.61. The normalized spacial score (nSPS) is 21.3. The third-order valence-corrected chi connectivity index (χ3v) is 2.80. The molecular weight excluding hydrogens is 194 g/mol. The van der Waals surface area contributed by atoms with Crippen LogP contribution in [0.5, 0.6) is 0 Å². The smallest absolute Gasteiger partial charge is 0.224 e. The fourth-order valence-electron chi connectivity index (χ4n) is 1.42. The summed E-state index contributed by atoms with van der Waals surface area (Å²) in [5, 5.41) is 5.89. The Kier molecular flexibility index (Phi) is 3.68. The molecule has 4 N–H and O–H groups in total. The Morgan fingerprint density at radius 2 is 2.20 bits per heavy atom. The molecule has 0 saturated carbocycles. The van der Waals surface area contributed by atoms with E-state index in [1.165, 1.54) is 0 Å². The standard InChI is InChI=1S/C10H19N3O2/c1-10(2,9(11)15)6-13-8(14)7-3-4-12-5-7/h7,12H,3-6H2,1-2H3,(H2,11,15)(H,13,14)/t7-/m1/s1. The summed E-state index contributed by atoms with van der Waals surface area (Å²) in [5.74, 6) is -0.352. The van der Waals surface area contributed by atoms with Crippen LogP contribution in [-0.2, 0) is 9.59 Å². The molecular formula is C10H19N3O2. The lowest BCUT2D eigenvalue weighted by atomic mass is 9.92. The average molecular weight is 213 g/mol. The van der Waals surface area contributed by atoms with Crippen LogP contribution in [0.4, 0.5) is 0 Å². The predicted octanol–water partition coefficient (Wildman–Crippen LogP) is -0.776. The van der Waals surface area contributed by atoms with Gasteiger partial charge in [0.05, 0.1) is 11.3 Å². The minimum Gasteiger partial charge on any atom is -0.369 e. The lowest BCUT2D eigenvalue weighted by molar-refractivity contribution is -0.128. The number of rotatable bonds is 4. The molecule has 0 unspecified atom stereocenters. The second-order valence-electron chi connectivity index (χ2n) is 4.66. The maximum atomic E-state index is 11.6. The van der Waals surface area contributed by atoms with Gasteiger partial charge in [0, 0.05) is 13.1 Å². The molecule has 1 aliphatic heterocycles. The molecule has 15 heavy (non-hydrogen) atoms. The molecule has 0 radical (unpaired) electrons. The first kappa shape index (κ1) is 12.0. The molecule has 1 aliphatic rings. The molecule has 0 aromatic rings. The van der Waals surface area contributed by atoms with Gasteiger partial charge in [0.1, 0.15) is 0 Å². The third-order valence-electron chi connectivity index (χ3n) is 2.80. The van der Waals surface area contributed by atoms with Crippen molar-refractivity contribution in [2.75, 3.05) is 19.6 Å². The summed E-state index contributed by atoms with van der Waals surface area (Å²) in [6.07, 6.45) is 0.864. The van der Waals surface area contributed by atoms with E-state index in [-0.39, 0.29) is 11.8 Å². The molecule has 0 aromatic carbocycles. The zero-order valence-corrected chi connectivity index (χ0v) is 9.30. The number of amides is 2. The van der Waals surface area contributed by atoms with E-state index < -0.39 is 11.3 Å². The van der Waals surface area contributed by atoms with Crippen molar-refractivity contribution in [3.63, 3.8) is 0 Å². The van der Waals surface area contributed by atoms with Crippen molar-refractivity contribution in [3.05, 3.63) is 0 Å². The molecule has 86 valence electrons. The maximum absolute atomic E-state index is 11.6. The lowest BCUT2D eigenvalue weighted by Gasteiger charge is -2.21. The van der Waals surface area contributed by atoms with Crippen LogP contribution in [0, 0.1) is 11.3 Å². The van der Waals surface area contributed by atoms with Crippen LogP contribution in [0.3, 0.4) is 0 Å². The van der Waals surface area contributed by atoms with Gasteiger partial charge in [-0.05, 0) is 26.8 Å². The van der Waals surface area contributed by atoms with Gasteiger partial charge in [0.25, 0.3) is 0 Å². The van der Waals surface area contributed by atoms with Crippen LogP contribution < -0.4 is 16.4 Å². The van der Waals surface area contributed by atoms with Gasteiger partial charge in [0.15, 0.2) is 0 Å². The van der Waals surface area contributed by atoms with Crippen molar-refractivity contribution in [1.29, 1.82) is 0 Å². The molecule has 0 aromatic heterocycles. The van der Waals surface area contributed by atoms with Crippen LogP contribution in [0.2, 0.25) is 0 Å². The molecule has 1 fully saturated rings. The van der Waals surface area contributed by atoms with Gasteiger partial charge in [0.2, 0.25) is 11.8 Å². The van der Waals surface area contributed by atoms with E-state index in [4.69, 9.17) is 5.73 Å². The second-order valence-corrected chi connectivity index (χ2v) is 4.66. The minimum absolute atomic E-state index is 0.00863. The van der Waals surface area contributed by atoms with Gasteiger partial charge < -0.3 is 16.4 Å².